The van der Waals surface area contributed by atoms with Crippen LogP contribution in [0, 0.1) is 6.92 Å². The quantitative estimate of drug-likeness (QED) is 0.430. The number of aromatic hydroxyl groups is 1. The van der Waals surface area contributed by atoms with Gasteiger partial charge >= 0.3 is 5.91 Å². The minimum Gasteiger partial charge on any atom is -0.507 e. The van der Waals surface area contributed by atoms with Gasteiger partial charge in [0.05, 0.1) is 11.1 Å². The number of carbonyl (C=O) groups excluding carboxylic acids is 1. The van der Waals surface area contributed by atoms with Crippen LogP contribution in [0.25, 0.3) is 11.0 Å². The van der Waals surface area contributed by atoms with Gasteiger partial charge in [-0.2, -0.15) is 0 Å². The van der Waals surface area contributed by atoms with E-state index in [1.165, 1.54) is 0 Å². The van der Waals surface area contributed by atoms with Crippen LogP contribution in [0.2, 0.25) is 0 Å². The summed E-state index contributed by atoms with van der Waals surface area (Å²) in [6.45, 7) is 1.72. The molecule has 2 aromatic carbocycles. The molecule has 106 valence electrons. The summed E-state index contributed by atoms with van der Waals surface area (Å²) in [5.41, 5.74) is 1.59. The third-order valence-electron chi connectivity index (χ3n) is 3.38. The summed E-state index contributed by atoms with van der Waals surface area (Å²) in [6, 6.07) is 13.8. The molecular weight excluding hydrogens is 268 g/mol. The Hall–Kier alpha value is -2.79. The predicted molar refractivity (Wildman–Crippen MR) is 80.1 cm³/mol. The molecule has 0 aliphatic heterocycles. The smallest absolute Gasteiger partial charge is 0.308 e. The maximum atomic E-state index is 12.5. The fourth-order valence-corrected chi connectivity index (χ4v) is 2.30. The number of anilines is 1. The maximum absolute atomic E-state index is 12.5. The number of phenols is 1. The molecule has 0 radical (unpaired) electrons. The normalized spacial score (nSPS) is 10.8. The van der Waals surface area contributed by atoms with Crippen molar-refractivity contribution in [3.63, 3.8) is 0 Å². The molecule has 1 amide bonds. The number of hydrazine groups is 1. The second kappa shape index (κ2) is 4.96. The summed E-state index contributed by atoms with van der Waals surface area (Å²) in [4.78, 5) is 12.5. The van der Waals surface area contributed by atoms with Crippen molar-refractivity contribution in [2.24, 2.45) is 5.84 Å². The zero-order valence-corrected chi connectivity index (χ0v) is 11.4. The molecule has 3 aromatic rings. The highest BCUT2D eigenvalue weighted by molar-refractivity contribution is 6.08. The molecule has 5 heteroatoms. The zero-order chi connectivity index (χ0) is 15.0. The first kappa shape index (κ1) is 13.2. The van der Waals surface area contributed by atoms with Crippen molar-refractivity contribution < 1.29 is 14.3 Å². The molecule has 3 N–H and O–H groups in total. The Morgan fingerprint density at radius 3 is 2.52 bits per heavy atom. The van der Waals surface area contributed by atoms with Gasteiger partial charge in [0.2, 0.25) is 0 Å². The van der Waals surface area contributed by atoms with E-state index in [4.69, 9.17) is 10.3 Å². The number of aryl methyl sites for hydroxylation is 1. The molecule has 0 fully saturated rings. The summed E-state index contributed by atoms with van der Waals surface area (Å²) in [5.74, 6) is 5.60. The summed E-state index contributed by atoms with van der Waals surface area (Å²) < 4.78 is 5.55. The predicted octanol–water partition coefficient (Wildman–Crippen LogP) is 2.97. The summed E-state index contributed by atoms with van der Waals surface area (Å²) in [7, 11) is 0. The van der Waals surface area contributed by atoms with Crippen LogP contribution in [0.3, 0.4) is 0 Å². The second-order valence-electron chi connectivity index (χ2n) is 4.72. The Morgan fingerprint density at radius 1 is 1.14 bits per heavy atom. The number of phenolic OH excluding ortho intramolecular Hbond substituents is 1. The van der Waals surface area contributed by atoms with Gasteiger partial charge in [-0.05, 0) is 31.2 Å². The standard InChI is InChI=1S/C16H14N2O3/c1-10-14-12(19)8-5-9-13(14)21-15(10)16(20)18(17)11-6-3-2-4-7-11/h2-9,19H,17H2,1H3. The highest BCUT2D eigenvalue weighted by Gasteiger charge is 2.23. The molecule has 0 saturated heterocycles. The SMILES string of the molecule is Cc1c(C(=O)N(N)c2ccccc2)oc2cccc(O)c12. The number of nitrogens with zero attached hydrogens (tertiary/aromatic N) is 1. The van der Waals surface area contributed by atoms with E-state index >= 15 is 0 Å². The number of amides is 1. The fourth-order valence-electron chi connectivity index (χ4n) is 2.30. The highest BCUT2D eigenvalue weighted by Crippen LogP contribution is 2.32. The van der Waals surface area contributed by atoms with Gasteiger partial charge in [-0.25, -0.2) is 10.9 Å². The number of nitrogens with two attached hydrogens (primary N) is 1. The Labute approximate surface area is 121 Å². The van der Waals surface area contributed by atoms with Crippen molar-refractivity contribution >= 4 is 22.6 Å². The van der Waals surface area contributed by atoms with Gasteiger partial charge in [0.1, 0.15) is 11.3 Å². The third-order valence-corrected chi connectivity index (χ3v) is 3.38. The Bertz CT molecular complexity index is 809. The van der Waals surface area contributed by atoms with Gasteiger partial charge in [0.25, 0.3) is 0 Å². The molecule has 0 unspecified atom stereocenters. The Morgan fingerprint density at radius 2 is 1.86 bits per heavy atom. The average Bonchev–Trinajstić information content (AvgIpc) is 2.85. The van der Waals surface area contributed by atoms with Crippen LogP contribution in [0.5, 0.6) is 5.75 Å². The van der Waals surface area contributed by atoms with Gasteiger partial charge in [-0.3, -0.25) is 4.79 Å². The summed E-state index contributed by atoms with van der Waals surface area (Å²) in [5, 5.41) is 11.4. The number of hydrogen-bond donors (Lipinski definition) is 2. The molecule has 0 aliphatic rings. The van der Waals surface area contributed by atoms with E-state index in [9.17, 15) is 9.90 Å². The van der Waals surface area contributed by atoms with Crippen molar-refractivity contribution in [1.82, 2.24) is 0 Å². The first-order chi connectivity index (χ1) is 10.1. The molecular formula is C16H14N2O3. The van der Waals surface area contributed by atoms with Gasteiger partial charge in [-0.15, -0.1) is 0 Å². The van der Waals surface area contributed by atoms with Crippen molar-refractivity contribution in [3.8, 4) is 5.75 Å². The number of benzene rings is 2. The first-order valence-electron chi connectivity index (χ1n) is 6.45. The number of fused-ring (bicyclic) bond motifs is 1. The van der Waals surface area contributed by atoms with Gasteiger partial charge in [0.15, 0.2) is 5.76 Å². The van der Waals surface area contributed by atoms with Crippen molar-refractivity contribution in [2.45, 2.75) is 6.92 Å². The molecule has 0 aliphatic carbocycles. The lowest BCUT2D eigenvalue weighted by Crippen LogP contribution is -2.37. The van der Waals surface area contributed by atoms with Gasteiger partial charge in [-0.1, -0.05) is 24.3 Å². The Balaban J connectivity index is 2.06. The van der Waals surface area contributed by atoms with Crippen LogP contribution in [-0.2, 0) is 0 Å². The Kier molecular flexibility index (Phi) is 3.12. The molecule has 0 spiro atoms. The third kappa shape index (κ3) is 2.13. The molecule has 3 rings (SSSR count). The average molecular weight is 282 g/mol. The number of rotatable bonds is 2. The molecule has 1 heterocycles. The van der Waals surface area contributed by atoms with Gasteiger partial charge < -0.3 is 9.52 Å². The summed E-state index contributed by atoms with van der Waals surface area (Å²) in [6.07, 6.45) is 0. The zero-order valence-electron chi connectivity index (χ0n) is 11.4. The topological polar surface area (TPSA) is 79.7 Å². The van der Waals surface area contributed by atoms with Crippen LogP contribution in [0.4, 0.5) is 5.69 Å². The maximum Gasteiger partial charge on any atom is 0.308 e. The molecule has 0 saturated carbocycles. The number of furan rings is 1. The van der Waals surface area contributed by atoms with E-state index in [0.29, 0.717) is 22.2 Å². The van der Waals surface area contributed by atoms with Crippen LogP contribution < -0.4 is 10.9 Å². The molecule has 5 nitrogen and oxygen atoms in total. The van der Waals surface area contributed by atoms with E-state index in [-0.39, 0.29) is 11.5 Å². The van der Waals surface area contributed by atoms with Gasteiger partial charge in [0, 0.05) is 5.56 Å². The monoisotopic (exact) mass is 282 g/mol. The lowest BCUT2D eigenvalue weighted by atomic mass is 10.1. The van der Waals surface area contributed by atoms with Crippen LogP contribution in [0.1, 0.15) is 16.1 Å². The van der Waals surface area contributed by atoms with E-state index < -0.39 is 5.91 Å². The molecule has 21 heavy (non-hydrogen) atoms. The fraction of sp³-hybridized carbons (Fsp3) is 0.0625. The lowest BCUT2D eigenvalue weighted by molar-refractivity contribution is 0.0961. The van der Waals surface area contributed by atoms with E-state index in [0.717, 1.165) is 5.01 Å². The molecule has 0 atom stereocenters. The van der Waals surface area contributed by atoms with Crippen molar-refractivity contribution in [1.29, 1.82) is 0 Å². The van der Waals surface area contributed by atoms with Crippen LogP contribution >= 0.6 is 0 Å². The van der Waals surface area contributed by atoms with E-state index in [1.807, 2.05) is 6.07 Å². The largest absolute Gasteiger partial charge is 0.507 e. The van der Waals surface area contributed by atoms with Crippen molar-refractivity contribution in [2.75, 3.05) is 5.01 Å². The number of hydrogen-bond acceptors (Lipinski definition) is 4. The molecule has 0 bridgehead atoms. The van der Waals surface area contributed by atoms with Crippen molar-refractivity contribution in [3.05, 3.63) is 59.9 Å². The minimum atomic E-state index is -0.464. The van der Waals surface area contributed by atoms with Crippen LogP contribution in [-0.4, -0.2) is 11.0 Å². The minimum absolute atomic E-state index is 0.0797. The van der Waals surface area contributed by atoms with E-state index in [1.54, 1.807) is 49.4 Å². The summed E-state index contributed by atoms with van der Waals surface area (Å²) >= 11 is 0. The van der Waals surface area contributed by atoms with E-state index in [2.05, 4.69) is 0 Å². The highest BCUT2D eigenvalue weighted by atomic mass is 16.3. The second-order valence-corrected chi connectivity index (χ2v) is 4.72. The lowest BCUT2D eigenvalue weighted by Gasteiger charge is -2.15. The first-order valence-corrected chi connectivity index (χ1v) is 6.45. The number of carbonyl (C=O) groups is 1. The van der Waals surface area contributed by atoms with Crippen LogP contribution in [0.15, 0.2) is 52.9 Å². The molecule has 1 aromatic heterocycles. The number of para-hydroxylation sites is 1.